The maximum absolute atomic E-state index is 12.7. The SMILES string of the molecule is COC(=O)C1CCCCC1S(=O)(=O)NC1CCCNC1C. The highest BCUT2D eigenvalue weighted by atomic mass is 32.2. The largest absolute Gasteiger partial charge is 0.469 e. The number of carbonyl (C=O) groups excluding carboxylic acids is 1. The molecule has 122 valence electrons. The van der Waals surface area contributed by atoms with Crippen molar-refractivity contribution in [2.45, 2.75) is 62.8 Å². The summed E-state index contributed by atoms with van der Waals surface area (Å²) in [6.07, 6.45) is 4.65. The van der Waals surface area contributed by atoms with E-state index < -0.39 is 27.2 Å². The Morgan fingerprint density at radius 1 is 1.19 bits per heavy atom. The molecule has 1 saturated carbocycles. The van der Waals surface area contributed by atoms with Crippen LogP contribution in [0.4, 0.5) is 0 Å². The minimum atomic E-state index is -3.51. The van der Waals surface area contributed by atoms with E-state index in [2.05, 4.69) is 10.0 Å². The zero-order chi connectivity index (χ0) is 15.5. The van der Waals surface area contributed by atoms with E-state index in [9.17, 15) is 13.2 Å². The molecule has 1 aliphatic heterocycles. The van der Waals surface area contributed by atoms with E-state index in [1.165, 1.54) is 7.11 Å². The number of nitrogens with one attached hydrogen (secondary N) is 2. The molecule has 0 amide bonds. The highest BCUT2D eigenvalue weighted by Crippen LogP contribution is 2.30. The predicted molar refractivity (Wildman–Crippen MR) is 80.3 cm³/mol. The number of sulfonamides is 1. The molecule has 0 bridgehead atoms. The molecule has 2 aliphatic rings. The normalized spacial score (nSPS) is 34.4. The molecular weight excluding hydrogens is 292 g/mol. The lowest BCUT2D eigenvalue weighted by Gasteiger charge is -2.34. The maximum Gasteiger partial charge on any atom is 0.310 e. The Hall–Kier alpha value is -0.660. The minimum Gasteiger partial charge on any atom is -0.469 e. The van der Waals surface area contributed by atoms with Gasteiger partial charge in [-0.25, -0.2) is 13.1 Å². The van der Waals surface area contributed by atoms with E-state index in [0.717, 1.165) is 32.2 Å². The Kier molecular flexibility index (Phi) is 5.62. The van der Waals surface area contributed by atoms with Crippen LogP contribution in [0.25, 0.3) is 0 Å². The fourth-order valence-electron chi connectivity index (χ4n) is 3.39. The second-order valence-electron chi connectivity index (χ2n) is 6.11. The van der Waals surface area contributed by atoms with Crippen LogP contribution < -0.4 is 10.0 Å². The van der Waals surface area contributed by atoms with Gasteiger partial charge in [0.1, 0.15) is 0 Å². The minimum absolute atomic E-state index is 0.0935. The number of hydrogen-bond donors (Lipinski definition) is 2. The van der Waals surface area contributed by atoms with Crippen molar-refractivity contribution in [3.8, 4) is 0 Å². The lowest BCUT2D eigenvalue weighted by atomic mass is 9.89. The van der Waals surface area contributed by atoms with Crippen molar-refractivity contribution in [2.24, 2.45) is 5.92 Å². The molecule has 1 heterocycles. The molecule has 0 aromatic carbocycles. The molecule has 6 nitrogen and oxygen atoms in total. The number of methoxy groups -OCH3 is 1. The molecule has 0 radical (unpaired) electrons. The van der Waals surface area contributed by atoms with Gasteiger partial charge in [0, 0.05) is 12.1 Å². The quantitative estimate of drug-likeness (QED) is 0.748. The summed E-state index contributed by atoms with van der Waals surface area (Å²) in [4.78, 5) is 11.9. The van der Waals surface area contributed by atoms with E-state index in [4.69, 9.17) is 4.74 Å². The number of carbonyl (C=O) groups is 1. The monoisotopic (exact) mass is 318 g/mol. The molecule has 1 aliphatic carbocycles. The second-order valence-corrected chi connectivity index (χ2v) is 8.04. The molecule has 2 N–H and O–H groups in total. The first kappa shape index (κ1) is 16.7. The first-order valence-corrected chi connectivity index (χ1v) is 9.32. The molecule has 0 aromatic heterocycles. The highest BCUT2D eigenvalue weighted by molar-refractivity contribution is 7.90. The third-order valence-corrected chi connectivity index (χ3v) is 6.68. The number of rotatable bonds is 4. The number of piperidine rings is 1. The van der Waals surface area contributed by atoms with E-state index in [-0.39, 0.29) is 12.1 Å². The number of esters is 1. The van der Waals surface area contributed by atoms with Crippen LogP contribution in [0.5, 0.6) is 0 Å². The van der Waals surface area contributed by atoms with E-state index >= 15 is 0 Å². The van der Waals surface area contributed by atoms with Crippen molar-refractivity contribution in [3.05, 3.63) is 0 Å². The topological polar surface area (TPSA) is 84.5 Å². The zero-order valence-electron chi connectivity index (χ0n) is 12.8. The Morgan fingerprint density at radius 2 is 1.90 bits per heavy atom. The maximum atomic E-state index is 12.7. The average Bonchev–Trinajstić information content (AvgIpc) is 2.48. The van der Waals surface area contributed by atoms with E-state index in [0.29, 0.717) is 12.8 Å². The van der Waals surface area contributed by atoms with Crippen LogP contribution >= 0.6 is 0 Å². The van der Waals surface area contributed by atoms with Gasteiger partial charge in [0.2, 0.25) is 10.0 Å². The summed E-state index contributed by atoms with van der Waals surface area (Å²) in [5.74, 6) is -0.937. The molecule has 21 heavy (non-hydrogen) atoms. The smallest absolute Gasteiger partial charge is 0.310 e. The summed E-state index contributed by atoms with van der Waals surface area (Å²) in [7, 11) is -2.19. The standard InChI is InChI=1S/C14H26N2O4S/c1-10-12(7-5-9-15-10)16-21(18,19)13-8-4-3-6-11(13)14(17)20-2/h10-13,15-16H,3-9H2,1-2H3. The number of hydrogen-bond acceptors (Lipinski definition) is 5. The van der Waals surface area contributed by atoms with Gasteiger partial charge in [-0.2, -0.15) is 0 Å². The van der Waals surface area contributed by atoms with E-state index in [1.807, 2.05) is 6.92 Å². The summed E-state index contributed by atoms with van der Waals surface area (Å²) in [6.45, 7) is 2.92. The molecule has 2 rings (SSSR count). The van der Waals surface area contributed by atoms with Crippen molar-refractivity contribution in [1.82, 2.24) is 10.0 Å². The Morgan fingerprint density at radius 3 is 2.57 bits per heavy atom. The highest BCUT2D eigenvalue weighted by Gasteiger charge is 2.41. The lowest BCUT2D eigenvalue weighted by molar-refractivity contribution is -0.146. The van der Waals surface area contributed by atoms with Crippen molar-refractivity contribution in [3.63, 3.8) is 0 Å². The third-order valence-electron chi connectivity index (χ3n) is 4.68. The summed E-state index contributed by atoms with van der Waals surface area (Å²) >= 11 is 0. The lowest BCUT2D eigenvalue weighted by Crippen LogP contribution is -2.55. The van der Waals surface area contributed by atoms with Crippen molar-refractivity contribution in [1.29, 1.82) is 0 Å². The van der Waals surface area contributed by atoms with Crippen LogP contribution in [0.15, 0.2) is 0 Å². The number of ether oxygens (including phenoxy) is 1. The second kappa shape index (κ2) is 7.07. The molecule has 0 spiro atoms. The van der Waals surface area contributed by atoms with Crippen LogP contribution in [0.2, 0.25) is 0 Å². The van der Waals surface area contributed by atoms with Gasteiger partial charge in [0.05, 0.1) is 18.3 Å². The summed E-state index contributed by atoms with van der Waals surface area (Å²) in [5.41, 5.74) is 0. The van der Waals surface area contributed by atoms with Gasteiger partial charge in [-0.15, -0.1) is 0 Å². The van der Waals surface area contributed by atoms with Gasteiger partial charge in [0.15, 0.2) is 0 Å². The molecule has 7 heteroatoms. The van der Waals surface area contributed by atoms with Crippen LogP contribution in [-0.4, -0.2) is 45.4 Å². The van der Waals surface area contributed by atoms with Gasteiger partial charge < -0.3 is 10.1 Å². The summed E-state index contributed by atoms with van der Waals surface area (Å²) < 4.78 is 33.0. The van der Waals surface area contributed by atoms with Crippen LogP contribution in [0, 0.1) is 5.92 Å². The van der Waals surface area contributed by atoms with Gasteiger partial charge >= 0.3 is 5.97 Å². The predicted octanol–water partition coefficient (Wildman–Crippen LogP) is 0.778. The van der Waals surface area contributed by atoms with Crippen LogP contribution in [0.1, 0.15) is 45.4 Å². The van der Waals surface area contributed by atoms with Crippen molar-refractivity contribution < 1.29 is 17.9 Å². The Balaban J connectivity index is 2.10. The first-order chi connectivity index (χ1) is 9.95. The summed E-state index contributed by atoms with van der Waals surface area (Å²) in [5, 5.41) is 2.62. The summed E-state index contributed by atoms with van der Waals surface area (Å²) in [6, 6.07) is 0.0256. The van der Waals surface area contributed by atoms with E-state index in [1.54, 1.807) is 0 Å². The molecule has 4 unspecified atom stereocenters. The van der Waals surface area contributed by atoms with Gasteiger partial charge in [-0.3, -0.25) is 4.79 Å². The average molecular weight is 318 g/mol. The fraction of sp³-hybridized carbons (Fsp3) is 0.929. The fourth-order valence-corrected chi connectivity index (χ4v) is 5.47. The van der Waals surface area contributed by atoms with Crippen molar-refractivity contribution in [2.75, 3.05) is 13.7 Å². The van der Waals surface area contributed by atoms with Gasteiger partial charge in [-0.05, 0) is 39.2 Å². The van der Waals surface area contributed by atoms with Crippen LogP contribution in [-0.2, 0) is 19.6 Å². The first-order valence-electron chi connectivity index (χ1n) is 7.78. The van der Waals surface area contributed by atoms with Crippen LogP contribution in [0.3, 0.4) is 0 Å². The molecule has 1 saturated heterocycles. The molecule has 4 atom stereocenters. The van der Waals surface area contributed by atoms with Gasteiger partial charge in [0.25, 0.3) is 0 Å². The zero-order valence-corrected chi connectivity index (χ0v) is 13.6. The molecule has 2 fully saturated rings. The third kappa shape index (κ3) is 3.96. The Bertz CT molecular complexity index is 466. The molecular formula is C14H26N2O4S. The molecule has 0 aromatic rings. The van der Waals surface area contributed by atoms with Crippen molar-refractivity contribution >= 4 is 16.0 Å². The Labute approximate surface area is 127 Å². The van der Waals surface area contributed by atoms with Gasteiger partial charge in [-0.1, -0.05) is 12.8 Å².